The van der Waals surface area contributed by atoms with Crippen molar-refractivity contribution < 1.29 is 23.1 Å². The van der Waals surface area contributed by atoms with E-state index < -0.39 is 17.2 Å². The van der Waals surface area contributed by atoms with Crippen LogP contribution in [-0.4, -0.2) is 16.1 Å². The molecule has 1 aromatic heterocycles. The fraction of sp³-hybridized carbons (Fsp3) is 0.0909. The second kappa shape index (κ2) is 4.82. The molecule has 0 saturated carbocycles. The number of aromatic carboxylic acids is 1. The molecule has 2 rings (SSSR count). The van der Waals surface area contributed by atoms with Crippen LogP contribution in [0.5, 0.6) is 0 Å². The van der Waals surface area contributed by atoms with E-state index in [1.54, 1.807) is 0 Å². The van der Waals surface area contributed by atoms with Crippen molar-refractivity contribution in [3.8, 4) is 10.4 Å². The number of thiazole rings is 1. The van der Waals surface area contributed by atoms with Gasteiger partial charge in [-0.3, -0.25) is 0 Å². The maximum absolute atomic E-state index is 12.4. The quantitative estimate of drug-likeness (QED) is 0.905. The zero-order chi connectivity index (χ0) is 14.2. The minimum absolute atomic E-state index is 0.0248. The van der Waals surface area contributed by atoms with Crippen LogP contribution in [0.15, 0.2) is 24.4 Å². The molecule has 0 unspecified atom stereocenters. The largest absolute Gasteiger partial charge is 0.478 e. The van der Waals surface area contributed by atoms with Crippen LogP contribution >= 0.6 is 22.9 Å². The molecule has 1 N–H and O–H groups in total. The number of nitrogens with zero attached hydrogens (tertiary/aromatic N) is 1. The highest BCUT2D eigenvalue weighted by molar-refractivity contribution is 7.15. The number of rotatable bonds is 2. The van der Waals surface area contributed by atoms with Gasteiger partial charge in [0.05, 0.1) is 15.5 Å². The van der Waals surface area contributed by atoms with Crippen LogP contribution < -0.4 is 0 Å². The summed E-state index contributed by atoms with van der Waals surface area (Å²) in [5, 5.41) is 7.94. The molecule has 8 heteroatoms. The Morgan fingerprint density at radius 1 is 1.37 bits per heavy atom. The summed E-state index contributed by atoms with van der Waals surface area (Å²) in [7, 11) is 0. The Balaban J connectivity index is 2.45. The first-order chi connectivity index (χ1) is 8.79. The fourth-order valence-corrected chi connectivity index (χ4v) is 2.36. The molecule has 3 nitrogen and oxygen atoms in total. The average Bonchev–Trinajstić information content (AvgIpc) is 2.78. The highest BCUT2D eigenvalue weighted by atomic mass is 35.5. The van der Waals surface area contributed by atoms with Crippen molar-refractivity contribution in [2.75, 3.05) is 0 Å². The topological polar surface area (TPSA) is 50.2 Å². The van der Waals surface area contributed by atoms with Gasteiger partial charge in [-0.25, -0.2) is 9.78 Å². The number of alkyl halides is 3. The molecule has 0 aliphatic rings. The van der Waals surface area contributed by atoms with Gasteiger partial charge in [-0.1, -0.05) is 17.7 Å². The molecule has 0 radical (unpaired) electrons. The third-order valence-electron chi connectivity index (χ3n) is 2.23. The molecule has 0 saturated heterocycles. The van der Waals surface area contributed by atoms with Gasteiger partial charge in [0, 0.05) is 6.20 Å². The van der Waals surface area contributed by atoms with Crippen molar-refractivity contribution in [2.45, 2.75) is 6.18 Å². The van der Waals surface area contributed by atoms with Gasteiger partial charge in [0.1, 0.15) is 0 Å². The minimum atomic E-state index is -4.51. The van der Waals surface area contributed by atoms with Gasteiger partial charge in [0.25, 0.3) is 0 Å². The van der Waals surface area contributed by atoms with Crippen molar-refractivity contribution in [1.29, 1.82) is 0 Å². The van der Waals surface area contributed by atoms with Crippen molar-refractivity contribution >= 4 is 28.9 Å². The third-order valence-corrected chi connectivity index (χ3v) is 3.65. The van der Waals surface area contributed by atoms with Gasteiger partial charge in [-0.2, -0.15) is 13.2 Å². The van der Waals surface area contributed by atoms with Crippen molar-refractivity contribution in [3.05, 3.63) is 40.0 Å². The summed E-state index contributed by atoms with van der Waals surface area (Å²) < 4.78 is 37.3. The Morgan fingerprint density at radius 2 is 2.05 bits per heavy atom. The normalized spacial score (nSPS) is 11.6. The Bertz CT molecular complexity index is 639. The standard InChI is InChI=1S/C11H5ClF3NO2S/c12-7-2-1-5(3-6(7)9(17)18)8-4-16-10(19-8)11(13,14)15/h1-4H,(H,17,18). The summed E-state index contributed by atoms with van der Waals surface area (Å²) >= 11 is 6.13. The first kappa shape index (κ1) is 13.8. The van der Waals surface area contributed by atoms with E-state index in [2.05, 4.69) is 4.98 Å². The number of carboxylic acid groups (broad SMARTS) is 1. The zero-order valence-electron chi connectivity index (χ0n) is 9.03. The lowest BCUT2D eigenvalue weighted by Gasteiger charge is -2.02. The number of benzene rings is 1. The maximum atomic E-state index is 12.4. The van der Waals surface area contributed by atoms with E-state index in [-0.39, 0.29) is 15.5 Å². The molecule has 0 amide bonds. The zero-order valence-corrected chi connectivity index (χ0v) is 10.6. The second-order valence-electron chi connectivity index (χ2n) is 3.53. The van der Waals surface area contributed by atoms with E-state index in [9.17, 15) is 18.0 Å². The van der Waals surface area contributed by atoms with Crippen LogP contribution in [0.2, 0.25) is 5.02 Å². The summed E-state index contributed by atoms with van der Waals surface area (Å²) in [6.07, 6.45) is -3.45. The summed E-state index contributed by atoms with van der Waals surface area (Å²) in [4.78, 5) is 14.4. The minimum Gasteiger partial charge on any atom is -0.478 e. The number of halogens is 4. The van der Waals surface area contributed by atoms with Crippen molar-refractivity contribution in [1.82, 2.24) is 4.98 Å². The molecule has 0 fully saturated rings. The molecular formula is C11H5ClF3NO2S. The fourth-order valence-electron chi connectivity index (χ4n) is 1.38. The van der Waals surface area contributed by atoms with E-state index in [1.165, 1.54) is 18.2 Å². The molecule has 0 atom stereocenters. The molecule has 2 aromatic rings. The predicted molar refractivity (Wildman–Crippen MR) is 64.5 cm³/mol. The molecule has 0 aliphatic carbocycles. The van der Waals surface area contributed by atoms with Crippen LogP contribution in [0.25, 0.3) is 10.4 Å². The molecule has 0 aliphatic heterocycles. The molecule has 100 valence electrons. The Labute approximate surface area is 114 Å². The summed E-state index contributed by atoms with van der Waals surface area (Å²) in [6, 6.07) is 3.99. The van der Waals surface area contributed by atoms with Crippen LogP contribution in [-0.2, 0) is 6.18 Å². The SMILES string of the molecule is O=C(O)c1cc(-c2cnc(C(F)(F)F)s2)ccc1Cl. The highest BCUT2D eigenvalue weighted by Crippen LogP contribution is 2.37. The lowest BCUT2D eigenvalue weighted by molar-refractivity contribution is -0.137. The van der Waals surface area contributed by atoms with Crippen LogP contribution in [0.4, 0.5) is 13.2 Å². The van der Waals surface area contributed by atoms with E-state index >= 15 is 0 Å². The Morgan fingerprint density at radius 3 is 2.58 bits per heavy atom. The first-order valence-electron chi connectivity index (χ1n) is 4.85. The molecule has 0 spiro atoms. The number of carbonyl (C=O) groups is 1. The van der Waals surface area contributed by atoms with Crippen molar-refractivity contribution in [3.63, 3.8) is 0 Å². The van der Waals surface area contributed by atoms with Gasteiger partial charge < -0.3 is 5.11 Å². The number of hydrogen-bond acceptors (Lipinski definition) is 3. The third kappa shape index (κ3) is 2.87. The van der Waals surface area contributed by atoms with Gasteiger partial charge in [0.15, 0.2) is 5.01 Å². The number of aromatic nitrogens is 1. The van der Waals surface area contributed by atoms with E-state index in [4.69, 9.17) is 16.7 Å². The molecule has 1 aromatic carbocycles. The Kier molecular flexibility index (Phi) is 3.51. The second-order valence-corrected chi connectivity index (χ2v) is 4.97. The molecule has 1 heterocycles. The first-order valence-corrected chi connectivity index (χ1v) is 6.04. The average molecular weight is 308 g/mol. The van der Waals surface area contributed by atoms with Gasteiger partial charge in [-0.15, -0.1) is 11.3 Å². The number of hydrogen-bond donors (Lipinski definition) is 1. The molecule has 19 heavy (non-hydrogen) atoms. The van der Waals surface area contributed by atoms with E-state index in [0.717, 1.165) is 6.20 Å². The lowest BCUT2D eigenvalue weighted by atomic mass is 10.1. The monoisotopic (exact) mass is 307 g/mol. The lowest BCUT2D eigenvalue weighted by Crippen LogP contribution is -2.02. The summed E-state index contributed by atoms with van der Waals surface area (Å²) in [6.45, 7) is 0. The van der Waals surface area contributed by atoms with Gasteiger partial charge in [-0.05, 0) is 17.7 Å². The van der Waals surface area contributed by atoms with E-state index in [0.29, 0.717) is 16.9 Å². The molecular weight excluding hydrogens is 303 g/mol. The van der Waals surface area contributed by atoms with Crippen LogP contribution in [0.3, 0.4) is 0 Å². The van der Waals surface area contributed by atoms with Crippen LogP contribution in [0, 0.1) is 0 Å². The predicted octanol–water partition coefficient (Wildman–Crippen LogP) is 4.18. The van der Waals surface area contributed by atoms with Gasteiger partial charge >= 0.3 is 12.1 Å². The Hall–Kier alpha value is -1.60. The van der Waals surface area contributed by atoms with E-state index in [1.807, 2.05) is 0 Å². The van der Waals surface area contributed by atoms with Crippen molar-refractivity contribution in [2.24, 2.45) is 0 Å². The highest BCUT2D eigenvalue weighted by Gasteiger charge is 2.34. The van der Waals surface area contributed by atoms with Gasteiger partial charge in [0.2, 0.25) is 0 Å². The van der Waals surface area contributed by atoms with Crippen LogP contribution in [0.1, 0.15) is 15.4 Å². The summed E-state index contributed by atoms with van der Waals surface area (Å²) in [5.41, 5.74) is 0.163. The smallest absolute Gasteiger partial charge is 0.443 e. The molecule has 0 bridgehead atoms. The number of carboxylic acids is 1. The summed E-state index contributed by atoms with van der Waals surface area (Å²) in [5.74, 6) is -1.24. The maximum Gasteiger partial charge on any atom is 0.443 e.